The number of ether oxygens (including phenoxy) is 1. The molecule has 0 radical (unpaired) electrons. The molecule has 17 heavy (non-hydrogen) atoms. The molecule has 0 saturated carbocycles. The van der Waals surface area contributed by atoms with E-state index in [1.165, 1.54) is 24.3 Å². The molecule has 0 aliphatic rings. The van der Waals surface area contributed by atoms with Crippen molar-refractivity contribution < 1.29 is 18.6 Å². The van der Waals surface area contributed by atoms with Gasteiger partial charge in [0.1, 0.15) is 18.2 Å². The fourth-order valence-corrected chi connectivity index (χ4v) is 1.37. The summed E-state index contributed by atoms with van der Waals surface area (Å²) in [6, 6.07) is 9.64. The molecule has 0 atom stereocenters. The molecule has 0 fully saturated rings. The van der Waals surface area contributed by atoms with Gasteiger partial charge in [-0.2, -0.15) is 0 Å². The number of phenolic OH excluding ortho intramolecular Hbond substituents is 1. The lowest BCUT2D eigenvalue weighted by molar-refractivity contribution is 0.284. The maximum Gasteiger partial charge on any atom is 0.165 e. The van der Waals surface area contributed by atoms with Crippen molar-refractivity contribution in [1.29, 1.82) is 0 Å². The van der Waals surface area contributed by atoms with Gasteiger partial charge in [-0.05, 0) is 24.3 Å². The van der Waals surface area contributed by atoms with Gasteiger partial charge in [0, 0.05) is 11.6 Å². The highest BCUT2D eigenvalue weighted by Gasteiger charge is 2.06. The first kappa shape index (κ1) is 11.4. The minimum atomic E-state index is -0.582. The number of para-hydroxylation sites is 1. The molecule has 88 valence electrons. The fraction of sp³-hybridized carbons (Fsp3) is 0.0769. The van der Waals surface area contributed by atoms with Crippen LogP contribution in [0, 0.1) is 11.6 Å². The first-order chi connectivity index (χ1) is 8.16. The van der Waals surface area contributed by atoms with Crippen molar-refractivity contribution in [1.82, 2.24) is 0 Å². The zero-order valence-corrected chi connectivity index (χ0v) is 8.86. The van der Waals surface area contributed by atoms with Crippen molar-refractivity contribution in [3.05, 3.63) is 59.7 Å². The number of rotatable bonds is 3. The van der Waals surface area contributed by atoms with Gasteiger partial charge in [0.2, 0.25) is 0 Å². The van der Waals surface area contributed by atoms with Crippen molar-refractivity contribution >= 4 is 0 Å². The van der Waals surface area contributed by atoms with E-state index in [-0.39, 0.29) is 23.7 Å². The molecule has 4 heteroatoms. The largest absolute Gasteiger partial charge is 0.508 e. The van der Waals surface area contributed by atoms with Crippen LogP contribution >= 0.6 is 0 Å². The molecule has 2 nitrogen and oxygen atoms in total. The Kier molecular flexibility index (Phi) is 3.23. The van der Waals surface area contributed by atoms with Crippen molar-refractivity contribution in [2.24, 2.45) is 0 Å². The predicted octanol–water partition coefficient (Wildman–Crippen LogP) is 3.25. The molecule has 2 aromatic rings. The van der Waals surface area contributed by atoms with Gasteiger partial charge >= 0.3 is 0 Å². The highest BCUT2D eigenvalue weighted by atomic mass is 19.1. The summed E-state index contributed by atoms with van der Waals surface area (Å²) < 4.78 is 31.7. The van der Waals surface area contributed by atoms with Crippen LogP contribution < -0.4 is 4.74 Å². The molecule has 2 aromatic carbocycles. The standard InChI is InChI=1S/C13H10F2O2/c14-11-3-1-2-4-13(11)17-8-9-5-6-10(16)7-12(9)15/h1-7,16H,8H2. The van der Waals surface area contributed by atoms with Crippen LogP contribution in [0.3, 0.4) is 0 Å². The smallest absolute Gasteiger partial charge is 0.165 e. The van der Waals surface area contributed by atoms with E-state index in [1.807, 2.05) is 0 Å². The molecule has 0 amide bonds. The average Bonchev–Trinajstić information content (AvgIpc) is 2.30. The second-order valence-electron chi connectivity index (χ2n) is 3.49. The molecule has 0 aliphatic carbocycles. The van der Waals surface area contributed by atoms with E-state index in [1.54, 1.807) is 12.1 Å². The Balaban J connectivity index is 2.10. The minimum absolute atomic E-state index is 0.0694. The number of aromatic hydroxyl groups is 1. The molecular formula is C13H10F2O2. The summed E-state index contributed by atoms with van der Waals surface area (Å²) in [7, 11) is 0. The Hall–Kier alpha value is -2.10. The molecule has 0 heterocycles. The second kappa shape index (κ2) is 4.82. The maximum absolute atomic E-state index is 13.3. The molecule has 0 aromatic heterocycles. The van der Waals surface area contributed by atoms with E-state index in [9.17, 15) is 8.78 Å². The van der Waals surface area contributed by atoms with E-state index in [0.717, 1.165) is 6.07 Å². The van der Waals surface area contributed by atoms with Crippen LogP contribution in [-0.4, -0.2) is 5.11 Å². The maximum atomic E-state index is 13.3. The fourth-order valence-electron chi connectivity index (χ4n) is 1.37. The lowest BCUT2D eigenvalue weighted by Gasteiger charge is -2.07. The van der Waals surface area contributed by atoms with E-state index >= 15 is 0 Å². The third-order valence-corrected chi connectivity index (χ3v) is 2.26. The summed E-state index contributed by atoms with van der Waals surface area (Å²) >= 11 is 0. The summed E-state index contributed by atoms with van der Waals surface area (Å²) in [6.07, 6.45) is 0. The van der Waals surface area contributed by atoms with Crippen molar-refractivity contribution in [2.45, 2.75) is 6.61 Å². The Labute approximate surface area is 97.1 Å². The normalized spacial score (nSPS) is 10.2. The van der Waals surface area contributed by atoms with E-state index in [0.29, 0.717) is 0 Å². The molecule has 0 unspecified atom stereocenters. The first-order valence-electron chi connectivity index (χ1n) is 5.01. The lowest BCUT2D eigenvalue weighted by atomic mass is 10.2. The quantitative estimate of drug-likeness (QED) is 0.886. The molecule has 1 N–H and O–H groups in total. The lowest BCUT2D eigenvalue weighted by Crippen LogP contribution is -1.99. The topological polar surface area (TPSA) is 29.5 Å². The molecule has 2 rings (SSSR count). The van der Waals surface area contributed by atoms with Crippen LogP contribution in [0.15, 0.2) is 42.5 Å². The number of halogens is 2. The minimum Gasteiger partial charge on any atom is -0.508 e. The highest BCUT2D eigenvalue weighted by Crippen LogP contribution is 2.20. The van der Waals surface area contributed by atoms with Crippen LogP contribution in [-0.2, 0) is 6.61 Å². The van der Waals surface area contributed by atoms with E-state index < -0.39 is 11.6 Å². The van der Waals surface area contributed by atoms with Gasteiger partial charge < -0.3 is 9.84 Å². The Morgan fingerprint density at radius 1 is 1.00 bits per heavy atom. The van der Waals surface area contributed by atoms with Crippen LogP contribution in [0.5, 0.6) is 11.5 Å². The molecular weight excluding hydrogens is 226 g/mol. The summed E-state index contributed by atoms with van der Waals surface area (Å²) in [5.74, 6) is -1.16. The zero-order valence-electron chi connectivity index (χ0n) is 8.86. The van der Waals surface area contributed by atoms with Gasteiger partial charge in [-0.25, -0.2) is 8.78 Å². The Morgan fingerprint density at radius 2 is 1.76 bits per heavy atom. The van der Waals surface area contributed by atoms with Gasteiger partial charge in [-0.3, -0.25) is 0 Å². The number of hydrogen-bond acceptors (Lipinski definition) is 2. The van der Waals surface area contributed by atoms with Crippen molar-refractivity contribution in [3.8, 4) is 11.5 Å². The summed E-state index contributed by atoms with van der Waals surface area (Å²) in [4.78, 5) is 0. The Bertz CT molecular complexity index is 527. The van der Waals surface area contributed by atoms with Gasteiger partial charge in [0.05, 0.1) is 0 Å². The highest BCUT2D eigenvalue weighted by molar-refractivity contribution is 5.28. The predicted molar refractivity (Wildman–Crippen MR) is 58.8 cm³/mol. The van der Waals surface area contributed by atoms with Gasteiger partial charge in [-0.15, -0.1) is 0 Å². The van der Waals surface area contributed by atoms with Crippen LogP contribution in [0.1, 0.15) is 5.56 Å². The third kappa shape index (κ3) is 2.72. The Morgan fingerprint density at radius 3 is 2.47 bits per heavy atom. The molecule has 0 spiro atoms. The van der Waals surface area contributed by atoms with Crippen molar-refractivity contribution in [2.75, 3.05) is 0 Å². The monoisotopic (exact) mass is 236 g/mol. The summed E-state index contributed by atoms with van der Waals surface area (Å²) in [5, 5.41) is 9.03. The van der Waals surface area contributed by atoms with Crippen LogP contribution in [0.25, 0.3) is 0 Å². The number of phenols is 1. The summed E-state index contributed by atoms with van der Waals surface area (Å²) in [5.41, 5.74) is 0.256. The van der Waals surface area contributed by atoms with Gasteiger partial charge in [-0.1, -0.05) is 12.1 Å². The van der Waals surface area contributed by atoms with Crippen LogP contribution in [0.2, 0.25) is 0 Å². The third-order valence-electron chi connectivity index (χ3n) is 2.26. The van der Waals surface area contributed by atoms with Gasteiger partial charge in [0.25, 0.3) is 0 Å². The molecule has 0 bridgehead atoms. The molecule has 0 saturated heterocycles. The zero-order chi connectivity index (χ0) is 12.3. The summed E-state index contributed by atoms with van der Waals surface area (Å²) in [6.45, 7) is -0.0902. The first-order valence-corrected chi connectivity index (χ1v) is 5.01. The van der Waals surface area contributed by atoms with E-state index in [4.69, 9.17) is 9.84 Å². The number of benzene rings is 2. The SMILES string of the molecule is Oc1ccc(COc2ccccc2F)c(F)c1. The van der Waals surface area contributed by atoms with Crippen molar-refractivity contribution in [3.63, 3.8) is 0 Å². The van der Waals surface area contributed by atoms with E-state index in [2.05, 4.69) is 0 Å². The average molecular weight is 236 g/mol. The second-order valence-corrected chi connectivity index (χ2v) is 3.49. The van der Waals surface area contributed by atoms with Gasteiger partial charge in [0.15, 0.2) is 11.6 Å². The number of hydrogen-bond donors (Lipinski definition) is 1. The van der Waals surface area contributed by atoms with Crippen LogP contribution in [0.4, 0.5) is 8.78 Å². The molecule has 0 aliphatic heterocycles.